The number of aromatic nitrogens is 3. The van der Waals surface area contributed by atoms with Crippen LogP contribution < -0.4 is 10.6 Å². The molecule has 0 unspecified atom stereocenters. The molecule has 2 N–H and O–H groups in total. The third kappa shape index (κ3) is 3.54. The number of fused-ring (bicyclic) bond motifs is 1. The van der Waals surface area contributed by atoms with Crippen LogP contribution in [-0.2, 0) is 6.42 Å². The number of hydrogen-bond acceptors (Lipinski definition) is 3. The summed E-state index contributed by atoms with van der Waals surface area (Å²) >= 11 is 5.38. The molecule has 124 valence electrons. The summed E-state index contributed by atoms with van der Waals surface area (Å²) < 4.78 is 1.91. The number of benzene rings is 1. The molecule has 3 aromatic rings. The Kier molecular flexibility index (Phi) is 4.76. The first kappa shape index (κ1) is 16.4. The van der Waals surface area contributed by atoms with Crippen molar-refractivity contribution in [3.63, 3.8) is 0 Å². The van der Waals surface area contributed by atoms with E-state index in [4.69, 9.17) is 12.2 Å². The third-order valence-corrected chi connectivity index (χ3v) is 4.00. The zero-order valence-corrected chi connectivity index (χ0v) is 14.9. The summed E-state index contributed by atoms with van der Waals surface area (Å²) in [5.41, 5.74) is 3.99. The lowest BCUT2D eigenvalue weighted by molar-refractivity contribution is 0.546. The highest BCUT2D eigenvalue weighted by Crippen LogP contribution is 2.19. The van der Waals surface area contributed by atoms with Gasteiger partial charge < -0.3 is 10.6 Å². The molecule has 0 aliphatic carbocycles. The second kappa shape index (κ2) is 6.97. The van der Waals surface area contributed by atoms with Gasteiger partial charge in [-0.1, -0.05) is 19.1 Å². The van der Waals surface area contributed by atoms with Crippen molar-refractivity contribution in [3.8, 4) is 0 Å². The number of hydrogen-bond donors (Lipinski definition) is 2. The van der Waals surface area contributed by atoms with Crippen LogP contribution in [0.25, 0.3) is 11.0 Å². The standard InChI is InChI=1S/C18H21N5S/c1-4-13-5-7-15(8-6-13)21-18(24)22-16-9-14-10-20-23(12(2)3)17(14)19-11-16/h5-12H,4H2,1-3H3,(H2,21,22,24). The molecule has 0 fully saturated rings. The predicted octanol–water partition coefficient (Wildman–Crippen LogP) is 4.38. The SMILES string of the molecule is CCc1ccc(NC(=S)Nc2cnc3c(cnn3C(C)C)c2)cc1. The first-order valence-electron chi connectivity index (χ1n) is 8.07. The summed E-state index contributed by atoms with van der Waals surface area (Å²) in [7, 11) is 0. The number of aryl methyl sites for hydroxylation is 1. The van der Waals surface area contributed by atoms with E-state index in [-0.39, 0.29) is 6.04 Å². The first-order valence-corrected chi connectivity index (χ1v) is 8.48. The Labute approximate surface area is 147 Å². The van der Waals surface area contributed by atoms with Gasteiger partial charge in [0.05, 0.1) is 18.1 Å². The Bertz CT molecular complexity index is 851. The predicted molar refractivity (Wildman–Crippen MR) is 104 cm³/mol. The summed E-state index contributed by atoms with van der Waals surface area (Å²) in [4.78, 5) is 4.50. The summed E-state index contributed by atoms with van der Waals surface area (Å²) in [6.45, 7) is 6.31. The van der Waals surface area contributed by atoms with Crippen molar-refractivity contribution in [2.75, 3.05) is 10.6 Å². The summed E-state index contributed by atoms with van der Waals surface area (Å²) in [6, 6.07) is 10.5. The topological polar surface area (TPSA) is 54.8 Å². The van der Waals surface area contributed by atoms with Gasteiger partial charge in [0, 0.05) is 17.1 Å². The van der Waals surface area contributed by atoms with Crippen LogP contribution in [0.4, 0.5) is 11.4 Å². The van der Waals surface area contributed by atoms with E-state index >= 15 is 0 Å². The van der Waals surface area contributed by atoms with Crippen LogP contribution in [0.3, 0.4) is 0 Å². The van der Waals surface area contributed by atoms with Crippen molar-refractivity contribution in [2.45, 2.75) is 33.2 Å². The molecule has 6 heteroatoms. The van der Waals surface area contributed by atoms with Gasteiger partial charge in [-0.2, -0.15) is 5.10 Å². The van der Waals surface area contributed by atoms with Gasteiger partial charge in [-0.3, -0.25) is 0 Å². The molecule has 0 spiro atoms. The Hall–Kier alpha value is -2.47. The molecule has 1 aromatic carbocycles. The van der Waals surface area contributed by atoms with Crippen LogP contribution >= 0.6 is 12.2 Å². The normalized spacial score (nSPS) is 11.0. The number of thiocarbonyl (C=S) groups is 1. The maximum absolute atomic E-state index is 5.38. The molecule has 0 aliphatic heterocycles. The van der Waals surface area contributed by atoms with Gasteiger partial charge in [0.15, 0.2) is 10.8 Å². The fourth-order valence-electron chi connectivity index (χ4n) is 2.50. The van der Waals surface area contributed by atoms with Crippen molar-refractivity contribution in [2.24, 2.45) is 0 Å². The highest BCUT2D eigenvalue weighted by molar-refractivity contribution is 7.80. The van der Waals surface area contributed by atoms with Crippen molar-refractivity contribution >= 4 is 39.7 Å². The molecule has 0 saturated heterocycles. The Morgan fingerprint density at radius 1 is 1.12 bits per heavy atom. The molecule has 24 heavy (non-hydrogen) atoms. The average molecular weight is 339 g/mol. The molecule has 0 bridgehead atoms. The second-order valence-corrected chi connectivity index (χ2v) is 6.36. The van der Waals surface area contributed by atoms with E-state index in [1.165, 1.54) is 5.56 Å². The lowest BCUT2D eigenvalue weighted by Gasteiger charge is -2.11. The smallest absolute Gasteiger partial charge is 0.175 e. The fourth-order valence-corrected chi connectivity index (χ4v) is 2.74. The molecule has 0 amide bonds. The lowest BCUT2D eigenvalue weighted by atomic mass is 10.1. The van der Waals surface area contributed by atoms with Crippen LogP contribution in [-0.4, -0.2) is 19.9 Å². The number of rotatable bonds is 4. The zero-order valence-electron chi connectivity index (χ0n) is 14.1. The summed E-state index contributed by atoms with van der Waals surface area (Å²) in [5, 5.41) is 12.3. The quantitative estimate of drug-likeness (QED) is 0.691. The Morgan fingerprint density at radius 2 is 1.83 bits per heavy atom. The van der Waals surface area contributed by atoms with Crippen LogP contribution in [0.5, 0.6) is 0 Å². The third-order valence-electron chi connectivity index (χ3n) is 3.80. The van der Waals surface area contributed by atoms with Gasteiger partial charge in [-0.25, -0.2) is 9.67 Å². The highest BCUT2D eigenvalue weighted by Gasteiger charge is 2.08. The molecule has 0 radical (unpaired) electrons. The van der Waals surface area contributed by atoms with Gasteiger partial charge in [0.2, 0.25) is 0 Å². The first-order chi connectivity index (χ1) is 11.6. The average Bonchev–Trinajstić information content (AvgIpc) is 2.99. The van der Waals surface area contributed by atoms with Crippen molar-refractivity contribution in [1.29, 1.82) is 0 Å². The maximum Gasteiger partial charge on any atom is 0.175 e. The number of nitrogens with one attached hydrogen (secondary N) is 2. The lowest BCUT2D eigenvalue weighted by Crippen LogP contribution is -2.19. The molecular weight excluding hydrogens is 318 g/mol. The molecule has 2 heterocycles. The second-order valence-electron chi connectivity index (χ2n) is 5.95. The van der Waals surface area contributed by atoms with Crippen LogP contribution in [0.2, 0.25) is 0 Å². The van der Waals surface area contributed by atoms with Crippen molar-refractivity contribution in [3.05, 3.63) is 48.3 Å². The number of pyridine rings is 1. The number of nitrogens with zero attached hydrogens (tertiary/aromatic N) is 3. The van der Waals surface area contributed by atoms with Crippen LogP contribution in [0.15, 0.2) is 42.7 Å². The molecule has 0 saturated carbocycles. The van der Waals surface area contributed by atoms with Crippen molar-refractivity contribution in [1.82, 2.24) is 14.8 Å². The summed E-state index contributed by atoms with van der Waals surface area (Å²) in [5.74, 6) is 0. The van der Waals surface area contributed by atoms with E-state index in [0.717, 1.165) is 28.8 Å². The van der Waals surface area contributed by atoms with Gasteiger partial charge in [-0.15, -0.1) is 0 Å². The van der Waals surface area contributed by atoms with Gasteiger partial charge in [-0.05, 0) is 56.2 Å². The van der Waals surface area contributed by atoms with E-state index in [2.05, 4.69) is 53.6 Å². The van der Waals surface area contributed by atoms with Crippen molar-refractivity contribution < 1.29 is 0 Å². The van der Waals surface area contributed by atoms with E-state index in [1.807, 2.05) is 29.1 Å². The number of anilines is 2. The van der Waals surface area contributed by atoms with Gasteiger partial charge in [0.1, 0.15) is 0 Å². The van der Waals surface area contributed by atoms with Gasteiger partial charge >= 0.3 is 0 Å². The van der Waals surface area contributed by atoms with E-state index in [0.29, 0.717) is 5.11 Å². The molecule has 0 atom stereocenters. The monoisotopic (exact) mass is 339 g/mol. The minimum atomic E-state index is 0.280. The minimum Gasteiger partial charge on any atom is -0.332 e. The van der Waals surface area contributed by atoms with Crippen LogP contribution in [0.1, 0.15) is 32.4 Å². The van der Waals surface area contributed by atoms with E-state index in [9.17, 15) is 0 Å². The minimum absolute atomic E-state index is 0.280. The molecule has 3 rings (SSSR count). The molecule has 2 aromatic heterocycles. The molecular formula is C18H21N5S. The largest absolute Gasteiger partial charge is 0.332 e. The fraction of sp³-hybridized carbons (Fsp3) is 0.278. The van der Waals surface area contributed by atoms with Gasteiger partial charge in [0.25, 0.3) is 0 Å². The zero-order chi connectivity index (χ0) is 17.1. The van der Waals surface area contributed by atoms with Crippen LogP contribution in [0, 0.1) is 0 Å². The summed E-state index contributed by atoms with van der Waals surface area (Å²) in [6.07, 6.45) is 4.63. The Morgan fingerprint density at radius 3 is 2.50 bits per heavy atom. The molecule has 5 nitrogen and oxygen atoms in total. The van der Waals surface area contributed by atoms with E-state index < -0.39 is 0 Å². The maximum atomic E-state index is 5.38. The van der Waals surface area contributed by atoms with E-state index in [1.54, 1.807) is 6.20 Å². The molecule has 0 aliphatic rings. The highest BCUT2D eigenvalue weighted by atomic mass is 32.1. The Balaban J connectivity index is 1.70.